The lowest BCUT2D eigenvalue weighted by molar-refractivity contribution is -0.142. The molecule has 1 N–H and O–H groups in total. The number of nitrogens with zero attached hydrogens (tertiary/aromatic N) is 3. The Morgan fingerprint density at radius 1 is 1.31 bits per heavy atom. The van der Waals surface area contributed by atoms with Crippen LogP contribution in [0.15, 0.2) is 10.6 Å². The number of carbonyl (C=O) groups excluding carboxylic acids is 1. The Labute approximate surface area is 151 Å². The molecular weight excluding hydrogens is 334 g/mol. The number of amides is 1. The summed E-state index contributed by atoms with van der Waals surface area (Å²) >= 11 is 0. The number of fused-ring (bicyclic) bond motifs is 1. The summed E-state index contributed by atoms with van der Waals surface area (Å²) in [5.41, 5.74) is 2.27. The average Bonchev–Trinajstić information content (AvgIpc) is 3.24. The molecule has 7 heteroatoms. The van der Waals surface area contributed by atoms with E-state index < -0.39 is 11.9 Å². The van der Waals surface area contributed by atoms with Crippen LogP contribution in [0.5, 0.6) is 0 Å². The Morgan fingerprint density at radius 2 is 2.04 bits per heavy atom. The summed E-state index contributed by atoms with van der Waals surface area (Å²) in [6.07, 6.45) is 2.14. The van der Waals surface area contributed by atoms with E-state index in [1.54, 1.807) is 17.9 Å². The summed E-state index contributed by atoms with van der Waals surface area (Å²) in [6.45, 7) is 6.57. The Hall–Kier alpha value is -2.44. The number of aromatic nitrogens is 2. The third kappa shape index (κ3) is 2.75. The molecule has 0 unspecified atom stereocenters. The molecule has 1 aliphatic heterocycles. The second-order valence-electron chi connectivity index (χ2n) is 7.85. The molecule has 1 saturated carbocycles. The molecule has 0 radical (unpaired) electrons. The van der Waals surface area contributed by atoms with Crippen molar-refractivity contribution in [3.05, 3.63) is 23.0 Å². The first-order valence-electron chi connectivity index (χ1n) is 9.15. The van der Waals surface area contributed by atoms with Crippen LogP contribution in [0.25, 0.3) is 11.1 Å². The van der Waals surface area contributed by atoms with Gasteiger partial charge in [0.05, 0.1) is 22.6 Å². The second kappa shape index (κ2) is 6.07. The molecule has 26 heavy (non-hydrogen) atoms. The lowest BCUT2D eigenvalue weighted by Gasteiger charge is -2.18. The van der Waals surface area contributed by atoms with E-state index in [9.17, 15) is 14.7 Å². The number of carbonyl (C=O) groups is 2. The third-order valence-corrected chi connectivity index (χ3v) is 5.66. The van der Waals surface area contributed by atoms with Crippen molar-refractivity contribution in [2.45, 2.75) is 39.5 Å². The standard InChI is InChI=1S/C19H23N3O4/c1-9(2)15-6-12(16-10(3)21-26-17(16)20-15)18(23)22-7-13(11-4-5-11)14(8-22)19(24)25/h6,9,11,13-14H,4-5,7-8H2,1-3H3,(H,24,25)/t13-,14+/m1/s1. The van der Waals surface area contributed by atoms with E-state index in [1.807, 2.05) is 13.8 Å². The van der Waals surface area contributed by atoms with Crippen molar-refractivity contribution in [3.63, 3.8) is 0 Å². The normalized spacial score (nSPS) is 23.2. The van der Waals surface area contributed by atoms with Crippen LogP contribution in [-0.2, 0) is 4.79 Å². The minimum atomic E-state index is -0.805. The molecule has 2 aliphatic rings. The van der Waals surface area contributed by atoms with Crippen molar-refractivity contribution >= 4 is 23.0 Å². The number of likely N-dealkylation sites (tertiary alicyclic amines) is 1. The first kappa shape index (κ1) is 17.0. The molecule has 138 valence electrons. The molecule has 0 aromatic carbocycles. The van der Waals surface area contributed by atoms with E-state index in [0.717, 1.165) is 18.5 Å². The van der Waals surface area contributed by atoms with Crippen LogP contribution in [0.2, 0.25) is 0 Å². The summed E-state index contributed by atoms with van der Waals surface area (Å²) in [7, 11) is 0. The van der Waals surface area contributed by atoms with Crippen LogP contribution in [0.4, 0.5) is 0 Å². The average molecular weight is 357 g/mol. The van der Waals surface area contributed by atoms with Gasteiger partial charge < -0.3 is 14.5 Å². The minimum Gasteiger partial charge on any atom is -0.481 e. The quantitative estimate of drug-likeness (QED) is 0.904. The SMILES string of the molecule is Cc1noc2nc(C(C)C)cc(C(=O)N3C[C@H](C(=O)O)[C@@H](C4CC4)C3)c12. The van der Waals surface area contributed by atoms with E-state index >= 15 is 0 Å². The predicted molar refractivity (Wildman–Crippen MR) is 93.9 cm³/mol. The number of carboxylic acid groups (broad SMARTS) is 1. The van der Waals surface area contributed by atoms with Crippen LogP contribution in [0.1, 0.15) is 54.4 Å². The summed E-state index contributed by atoms with van der Waals surface area (Å²) < 4.78 is 5.30. The van der Waals surface area contributed by atoms with Gasteiger partial charge in [-0.3, -0.25) is 9.59 Å². The van der Waals surface area contributed by atoms with Gasteiger partial charge in [-0.2, -0.15) is 0 Å². The third-order valence-electron chi connectivity index (χ3n) is 5.66. The fourth-order valence-electron chi connectivity index (χ4n) is 4.01. The van der Waals surface area contributed by atoms with Crippen LogP contribution < -0.4 is 0 Å². The van der Waals surface area contributed by atoms with Gasteiger partial charge in [0.15, 0.2) is 0 Å². The number of aryl methyl sites for hydroxylation is 1. The Kier molecular flexibility index (Phi) is 3.97. The van der Waals surface area contributed by atoms with E-state index in [-0.39, 0.29) is 24.3 Å². The van der Waals surface area contributed by atoms with Gasteiger partial charge in [-0.1, -0.05) is 19.0 Å². The Morgan fingerprint density at radius 3 is 2.65 bits per heavy atom. The van der Waals surface area contributed by atoms with E-state index in [2.05, 4.69) is 10.1 Å². The Balaban J connectivity index is 1.72. The van der Waals surface area contributed by atoms with Crippen LogP contribution in [0.3, 0.4) is 0 Å². The number of rotatable bonds is 4. The van der Waals surface area contributed by atoms with E-state index in [4.69, 9.17) is 4.52 Å². The van der Waals surface area contributed by atoms with Crippen molar-refractivity contribution in [1.82, 2.24) is 15.0 Å². The second-order valence-corrected chi connectivity index (χ2v) is 7.85. The maximum atomic E-state index is 13.3. The lowest BCUT2D eigenvalue weighted by Crippen LogP contribution is -2.30. The van der Waals surface area contributed by atoms with E-state index in [1.165, 1.54) is 0 Å². The van der Waals surface area contributed by atoms with Gasteiger partial charge in [0.2, 0.25) is 0 Å². The predicted octanol–water partition coefficient (Wildman–Crippen LogP) is 2.84. The molecule has 2 fully saturated rings. The first-order valence-corrected chi connectivity index (χ1v) is 9.15. The summed E-state index contributed by atoms with van der Waals surface area (Å²) in [5.74, 6) is -0.796. The molecule has 4 rings (SSSR count). The number of hydrogen-bond acceptors (Lipinski definition) is 5. The molecule has 3 heterocycles. The summed E-state index contributed by atoms with van der Waals surface area (Å²) in [4.78, 5) is 31.1. The summed E-state index contributed by atoms with van der Waals surface area (Å²) in [6, 6.07) is 1.81. The van der Waals surface area contributed by atoms with Crippen molar-refractivity contribution in [2.75, 3.05) is 13.1 Å². The lowest BCUT2D eigenvalue weighted by atomic mass is 9.92. The van der Waals surface area contributed by atoms with Gasteiger partial charge in [0.25, 0.3) is 11.6 Å². The molecule has 1 saturated heterocycles. The zero-order valence-corrected chi connectivity index (χ0v) is 15.2. The minimum absolute atomic E-state index is 0.0573. The molecule has 2 aromatic heterocycles. The largest absolute Gasteiger partial charge is 0.481 e. The van der Waals surface area contributed by atoms with Crippen molar-refractivity contribution < 1.29 is 19.2 Å². The van der Waals surface area contributed by atoms with Crippen molar-refractivity contribution in [1.29, 1.82) is 0 Å². The monoisotopic (exact) mass is 357 g/mol. The number of hydrogen-bond donors (Lipinski definition) is 1. The maximum Gasteiger partial charge on any atom is 0.308 e. The first-order chi connectivity index (χ1) is 12.4. The molecule has 0 spiro atoms. The highest BCUT2D eigenvalue weighted by molar-refractivity contribution is 6.06. The van der Waals surface area contributed by atoms with E-state index in [0.29, 0.717) is 34.8 Å². The highest BCUT2D eigenvalue weighted by Gasteiger charge is 2.47. The van der Waals surface area contributed by atoms with Crippen LogP contribution in [-0.4, -0.2) is 45.1 Å². The van der Waals surface area contributed by atoms with Gasteiger partial charge in [0, 0.05) is 18.8 Å². The smallest absolute Gasteiger partial charge is 0.308 e. The van der Waals surface area contributed by atoms with Crippen molar-refractivity contribution in [3.8, 4) is 0 Å². The van der Waals surface area contributed by atoms with Crippen LogP contribution in [0, 0.1) is 24.7 Å². The number of aliphatic carboxylic acids is 1. The van der Waals surface area contributed by atoms with Gasteiger partial charge in [-0.15, -0.1) is 0 Å². The topological polar surface area (TPSA) is 96.5 Å². The van der Waals surface area contributed by atoms with Gasteiger partial charge in [-0.05, 0) is 43.6 Å². The van der Waals surface area contributed by atoms with Crippen LogP contribution >= 0.6 is 0 Å². The zero-order chi connectivity index (χ0) is 18.6. The highest BCUT2D eigenvalue weighted by atomic mass is 16.5. The molecule has 2 aromatic rings. The summed E-state index contributed by atoms with van der Waals surface area (Å²) in [5, 5.41) is 14.1. The number of carboxylic acids is 1. The molecule has 1 aliphatic carbocycles. The highest BCUT2D eigenvalue weighted by Crippen LogP contribution is 2.44. The van der Waals surface area contributed by atoms with Gasteiger partial charge >= 0.3 is 5.97 Å². The zero-order valence-electron chi connectivity index (χ0n) is 15.2. The van der Waals surface area contributed by atoms with Gasteiger partial charge in [0.1, 0.15) is 0 Å². The molecular formula is C19H23N3O4. The molecule has 7 nitrogen and oxygen atoms in total. The molecule has 2 atom stereocenters. The van der Waals surface area contributed by atoms with Crippen molar-refractivity contribution in [2.24, 2.45) is 17.8 Å². The Bertz CT molecular complexity index is 884. The van der Waals surface area contributed by atoms with Gasteiger partial charge in [-0.25, -0.2) is 4.98 Å². The molecule has 1 amide bonds. The fourth-order valence-corrected chi connectivity index (χ4v) is 4.01. The fraction of sp³-hybridized carbons (Fsp3) is 0.579. The molecule has 0 bridgehead atoms. The number of pyridine rings is 1. The maximum absolute atomic E-state index is 13.3.